The number of carbonyl (C=O) groups excluding carboxylic acids is 3. The number of nitrogens with zero attached hydrogens (tertiary/aromatic N) is 2. The van der Waals surface area contributed by atoms with E-state index in [1.54, 1.807) is 9.80 Å². The van der Waals surface area contributed by atoms with E-state index >= 15 is 0 Å². The van der Waals surface area contributed by atoms with Crippen LogP contribution in [-0.2, 0) is 20.8 Å². The lowest BCUT2D eigenvalue weighted by atomic mass is 10.1. The van der Waals surface area contributed by atoms with Crippen molar-refractivity contribution >= 4 is 34.8 Å². The summed E-state index contributed by atoms with van der Waals surface area (Å²) in [6.45, 7) is 1.44. The van der Waals surface area contributed by atoms with Crippen molar-refractivity contribution < 1.29 is 14.4 Å². The molecule has 2 aliphatic rings. The van der Waals surface area contributed by atoms with E-state index in [4.69, 9.17) is 0 Å². The predicted octanol–water partition coefficient (Wildman–Crippen LogP) is 3.12. The molecule has 2 aromatic rings. The molecule has 2 heterocycles. The number of amides is 3. The second-order valence-electron chi connectivity index (χ2n) is 7.21. The summed E-state index contributed by atoms with van der Waals surface area (Å²) in [6, 6.07) is 15.0. The minimum absolute atomic E-state index is 0.0914. The van der Waals surface area contributed by atoms with Crippen molar-refractivity contribution in [3.05, 3.63) is 54.1 Å². The van der Waals surface area contributed by atoms with Gasteiger partial charge < -0.3 is 15.1 Å². The van der Waals surface area contributed by atoms with E-state index in [9.17, 15) is 14.4 Å². The maximum atomic E-state index is 12.5. The van der Waals surface area contributed by atoms with Crippen molar-refractivity contribution in [3.8, 4) is 0 Å². The molecule has 4 rings (SSSR count). The number of hydrogen-bond acceptors (Lipinski definition) is 3. The van der Waals surface area contributed by atoms with Gasteiger partial charge in [-0.15, -0.1) is 0 Å². The smallest absolute Gasteiger partial charge is 0.228 e. The second-order valence-corrected chi connectivity index (χ2v) is 7.21. The molecule has 3 amide bonds. The zero-order valence-electron chi connectivity index (χ0n) is 15.7. The topological polar surface area (TPSA) is 69.7 Å². The van der Waals surface area contributed by atoms with Gasteiger partial charge in [0.1, 0.15) is 0 Å². The fourth-order valence-electron chi connectivity index (χ4n) is 3.81. The maximum absolute atomic E-state index is 12.5. The number of benzene rings is 2. The first kappa shape index (κ1) is 18.2. The van der Waals surface area contributed by atoms with Crippen molar-refractivity contribution in [3.63, 3.8) is 0 Å². The van der Waals surface area contributed by atoms with E-state index in [-0.39, 0.29) is 24.1 Å². The Bertz CT molecular complexity index is 907. The molecular weight excluding hydrogens is 354 g/mol. The fraction of sp³-hybridized carbons (Fsp3) is 0.318. The second kappa shape index (κ2) is 7.84. The third-order valence-corrected chi connectivity index (χ3v) is 5.23. The Balaban J connectivity index is 1.42. The highest BCUT2D eigenvalue weighted by Gasteiger charge is 2.24. The van der Waals surface area contributed by atoms with E-state index in [2.05, 4.69) is 5.32 Å². The highest BCUT2D eigenvalue weighted by molar-refractivity contribution is 6.02. The summed E-state index contributed by atoms with van der Waals surface area (Å²) in [4.78, 5) is 40.0. The first-order valence-electron chi connectivity index (χ1n) is 9.70. The lowest BCUT2D eigenvalue weighted by Crippen LogP contribution is -2.26. The van der Waals surface area contributed by atoms with Crippen molar-refractivity contribution in [2.75, 3.05) is 28.2 Å². The Labute approximate surface area is 164 Å². The van der Waals surface area contributed by atoms with Crippen LogP contribution in [0.15, 0.2) is 48.5 Å². The minimum Gasteiger partial charge on any atom is -0.324 e. The lowest BCUT2D eigenvalue weighted by molar-refractivity contribution is -0.117. The van der Waals surface area contributed by atoms with Gasteiger partial charge in [-0.1, -0.05) is 24.3 Å². The molecule has 28 heavy (non-hydrogen) atoms. The summed E-state index contributed by atoms with van der Waals surface area (Å²) in [5.41, 5.74) is 3.16. The number of para-hydroxylation sites is 2. The van der Waals surface area contributed by atoms with E-state index in [1.165, 1.54) is 0 Å². The van der Waals surface area contributed by atoms with E-state index in [0.29, 0.717) is 25.1 Å². The minimum atomic E-state index is -0.135. The van der Waals surface area contributed by atoms with Gasteiger partial charge in [-0.3, -0.25) is 14.4 Å². The molecule has 2 saturated heterocycles. The molecule has 0 bridgehead atoms. The normalized spacial score (nSPS) is 16.7. The van der Waals surface area contributed by atoms with Gasteiger partial charge >= 0.3 is 0 Å². The molecule has 144 valence electrons. The average Bonchev–Trinajstić information content (AvgIpc) is 3.31. The molecule has 0 spiro atoms. The third kappa shape index (κ3) is 3.76. The molecule has 1 N–H and O–H groups in total. The van der Waals surface area contributed by atoms with Crippen LogP contribution >= 0.6 is 0 Å². The van der Waals surface area contributed by atoms with Gasteiger partial charge in [-0.25, -0.2) is 0 Å². The monoisotopic (exact) mass is 377 g/mol. The first-order chi connectivity index (χ1) is 13.6. The van der Waals surface area contributed by atoms with E-state index in [0.717, 1.165) is 36.3 Å². The summed E-state index contributed by atoms with van der Waals surface area (Å²) >= 11 is 0. The Morgan fingerprint density at radius 3 is 2.14 bits per heavy atom. The molecule has 0 aromatic heterocycles. The van der Waals surface area contributed by atoms with E-state index in [1.807, 2.05) is 48.5 Å². The average molecular weight is 377 g/mol. The van der Waals surface area contributed by atoms with Crippen molar-refractivity contribution in [1.82, 2.24) is 0 Å². The van der Waals surface area contributed by atoms with Crippen LogP contribution in [0, 0.1) is 0 Å². The first-order valence-corrected chi connectivity index (χ1v) is 9.70. The summed E-state index contributed by atoms with van der Waals surface area (Å²) in [5, 5.41) is 2.94. The summed E-state index contributed by atoms with van der Waals surface area (Å²) in [6.07, 6.45) is 3.11. The van der Waals surface area contributed by atoms with Gasteiger partial charge in [0, 0.05) is 31.6 Å². The summed E-state index contributed by atoms with van der Waals surface area (Å²) in [7, 11) is 0. The molecule has 2 fully saturated rings. The fourth-order valence-corrected chi connectivity index (χ4v) is 3.81. The molecule has 6 nitrogen and oxygen atoms in total. The van der Waals surface area contributed by atoms with Gasteiger partial charge in [-0.2, -0.15) is 0 Å². The Morgan fingerprint density at radius 2 is 1.50 bits per heavy atom. The van der Waals surface area contributed by atoms with Crippen LogP contribution in [0.25, 0.3) is 0 Å². The third-order valence-electron chi connectivity index (χ3n) is 5.23. The summed E-state index contributed by atoms with van der Waals surface area (Å²) < 4.78 is 0. The molecule has 0 unspecified atom stereocenters. The van der Waals surface area contributed by atoms with Gasteiger partial charge in [0.25, 0.3) is 0 Å². The Morgan fingerprint density at radius 1 is 0.857 bits per heavy atom. The maximum Gasteiger partial charge on any atom is 0.228 e. The Hall–Kier alpha value is -3.15. The van der Waals surface area contributed by atoms with Crippen molar-refractivity contribution in [2.45, 2.75) is 32.1 Å². The van der Waals surface area contributed by atoms with Crippen LogP contribution in [0.1, 0.15) is 31.2 Å². The Kier molecular flexibility index (Phi) is 5.10. The molecule has 0 aliphatic carbocycles. The predicted molar refractivity (Wildman–Crippen MR) is 108 cm³/mol. The van der Waals surface area contributed by atoms with Crippen molar-refractivity contribution in [1.29, 1.82) is 0 Å². The van der Waals surface area contributed by atoms with Gasteiger partial charge in [-0.05, 0) is 42.7 Å². The molecule has 2 aromatic carbocycles. The molecule has 0 saturated carbocycles. The largest absolute Gasteiger partial charge is 0.324 e. The SMILES string of the molecule is O=C(Cc1ccc(N2CCCC2=O)cc1)Nc1ccccc1N1CCCC1=O. The zero-order valence-corrected chi connectivity index (χ0v) is 15.7. The molecule has 2 aliphatic heterocycles. The van der Waals surface area contributed by atoms with Gasteiger partial charge in [0.15, 0.2) is 0 Å². The van der Waals surface area contributed by atoms with Crippen LogP contribution in [0.3, 0.4) is 0 Å². The van der Waals surface area contributed by atoms with Crippen LogP contribution in [0.4, 0.5) is 17.1 Å². The number of nitrogens with one attached hydrogen (secondary N) is 1. The number of rotatable bonds is 5. The highest BCUT2D eigenvalue weighted by Crippen LogP contribution is 2.29. The molecule has 6 heteroatoms. The standard InChI is InChI=1S/C22H23N3O3/c26-20(15-16-9-11-17(12-10-16)24-13-3-7-21(24)27)23-18-5-1-2-6-19(18)25-14-4-8-22(25)28/h1-2,5-6,9-12H,3-4,7-8,13-15H2,(H,23,26). The molecule has 0 radical (unpaired) electrons. The highest BCUT2D eigenvalue weighted by atomic mass is 16.2. The zero-order chi connectivity index (χ0) is 19.5. The van der Waals surface area contributed by atoms with Crippen LogP contribution in [0.2, 0.25) is 0 Å². The number of carbonyl (C=O) groups is 3. The molecular formula is C22H23N3O3. The van der Waals surface area contributed by atoms with Crippen molar-refractivity contribution in [2.24, 2.45) is 0 Å². The van der Waals surface area contributed by atoms with Gasteiger partial charge in [0.05, 0.1) is 17.8 Å². The van der Waals surface area contributed by atoms with E-state index < -0.39 is 0 Å². The van der Waals surface area contributed by atoms with Crippen LogP contribution in [-0.4, -0.2) is 30.8 Å². The number of hydrogen-bond donors (Lipinski definition) is 1. The summed E-state index contributed by atoms with van der Waals surface area (Å²) in [5.74, 6) is 0.108. The lowest BCUT2D eigenvalue weighted by Gasteiger charge is -2.20. The van der Waals surface area contributed by atoms with Crippen LogP contribution in [0.5, 0.6) is 0 Å². The molecule has 0 atom stereocenters. The number of anilines is 3. The van der Waals surface area contributed by atoms with Crippen LogP contribution < -0.4 is 15.1 Å². The van der Waals surface area contributed by atoms with Gasteiger partial charge in [0.2, 0.25) is 17.7 Å². The quantitative estimate of drug-likeness (QED) is 0.870.